The Balaban J connectivity index is 1.60. The van der Waals surface area contributed by atoms with E-state index in [0.717, 1.165) is 33.1 Å². The van der Waals surface area contributed by atoms with Gasteiger partial charge in [-0.2, -0.15) is 5.26 Å². The molecule has 4 nitrogen and oxygen atoms in total. The van der Waals surface area contributed by atoms with Crippen LogP contribution in [-0.2, 0) is 6.54 Å². The molecule has 0 aliphatic heterocycles. The van der Waals surface area contributed by atoms with E-state index in [9.17, 15) is 9.65 Å². The minimum absolute atomic E-state index is 0.362. The zero-order valence-corrected chi connectivity index (χ0v) is 17.1. The van der Waals surface area contributed by atoms with Gasteiger partial charge in [-0.25, -0.2) is 9.37 Å². The van der Waals surface area contributed by atoms with Crippen molar-refractivity contribution in [2.24, 2.45) is 0 Å². The number of fused-ring (bicyclic) bond motifs is 2. The molecule has 31 heavy (non-hydrogen) atoms. The molecular weight excluding hydrogens is 411 g/mol. The molecule has 0 aliphatic carbocycles. The number of hydrogen-bond donors (Lipinski definition) is 1. The number of nitrogens with one attached hydrogen (secondary N) is 1. The molecule has 0 saturated heterocycles. The molecule has 0 saturated carbocycles. The van der Waals surface area contributed by atoms with Crippen LogP contribution >= 0.6 is 11.6 Å². The van der Waals surface area contributed by atoms with Gasteiger partial charge in [0, 0.05) is 34.2 Å². The topological polar surface area (TPSA) is 57.4 Å². The van der Waals surface area contributed by atoms with E-state index in [2.05, 4.69) is 16.0 Å². The summed E-state index contributed by atoms with van der Waals surface area (Å²) in [5, 5.41) is 11.2. The van der Waals surface area contributed by atoms with Gasteiger partial charge in [-0.1, -0.05) is 48.0 Å². The van der Waals surface area contributed by atoms with Gasteiger partial charge in [0.2, 0.25) is 0 Å². The van der Waals surface area contributed by atoms with Crippen molar-refractivity contribution in [1.29, 1.82) is 5.26 Å². The average Bonchev–Trinajstić information content (AvgIpc) is 3.36. The maximum atomic E-state index is 13.4. The van der Waals surface area contributed by atoms with Crippen LogP contribution in [0, 0.1) is 17.1 Å². The third kappa shape index (κ3) is 3.58. The van der Waals surface area contributed by atoms with E-state index in [-0.39, 0.29) is 5.82 Å². The lowest BCUT2D eigenvalue weighted by atomic mass is 10.1. The normalized spacial score (nSPS) is 11.8. The lowest BCUT2D eigenvalue weighted by molar-refractivity contribution is 0.626. The van der Waals surface area contributed by atoms with Crippen LogP contribution in [0.3, 0.4) is 0 Å². The quantitative estimate of drug-likeness (QED) is 0.337. The number of nitriles is 1. The number of rotatable bonds is 4. The second kappa shape index (κ2) is 7.75. The summed E-state index contributed by atoms with van der Waals surface area (Å²) in [4.78, 5) is 7.76. The highest BCUT2D eigenvalue weighted by Gasteiger charge is 2.12. The fourth-order valence-corrected chi connectivity index (χ4v) is 3.97. The van der Waals surface area contributed by atoms with Crippen LogP contribution in [0.15, 0.2) is 72.9 Å². The minimum Gasteiger partial charge on any atom is -0.342 e. The number of aromatic nitrogens is 3. The third-order valence-electron chi connectivity index (χ3n) is 5.24. The van der Waals surface area contributed by atoms with Gasteiger partial charge in [-0.3, -0.25) is 0 Å². The summed E-state index contributed by atoms with van der Waals surface area (Å²) >= 11 is 6.24. The van der Waals surface area contributed by atoms with Crippen molar-refractivity contribution in [3.8, 4) is 6.07 Å². The molecule has 150 valence electrons. The maximum absolute atomic E-state index is 13.4. The molecule has 0 unspecified atom stereocenters. The van der Waals surface area contributed by atoms with E-state index in [1.54, 1.807) is 6.07 Å². The predicted molar refractivity (Wildman–Crippen MR) is 122 cm³/mol. The molecule has 0 fully saturated rings. The number of aromatic amines is 1. The Bertz CT molecular complexity index is 1470. The number of benzene rings is 3. The van der Waals surface area contributed by atoms with E-state index in [1.165, 1.54) is 12.1 Å². The number of para-hydroxylation sites is 3. The van der Waals surface area contributed by atoms with Crippen molar-refractivity contribution < 1.29 is 4.39 Å². The molecule has 0 atom stereocenters. The predicted octanol–water partition coefficient (Wildman–Crippen LogP) is 6.42. The molecule has 3 aromatic carbocycles. The van der Waals surface area contributed by atoms with Gasteiger partial charge >= 0.3 is 0 Å². The highest BCUT2D eigenvalue weighted by atomic mass is 35.5. The molecular formula is C25H16ClFN4. The summed E-state index contributed by atoms with van der Waals surface area (Å²) in [5.41, 5.74) is 4.84. The fourth-order valence-electron chi connectivity index (χ4n) is 3.74. The lowest BCUT2D eigenvalue weighted by Crippen LogP contribution is -1.99. The van der Waals surface area contributed by atoms with Crippen LogP contribution in [-0.4, -0.2) is 14.5 Å². The maximum Gasteiger partial charge on any atom is 0.149 e. The summed E-state index contributed by atoms with van der Waals surface area (Å²) in [6.07, 6.45) is 3.81. The number of allylic oxidation sites excluding steroid dienone is 1. The van der Waals surface area contributed by atoms with Crippen molar-refractivity contribution in [3.63, 3.8) is 0 Å². The van der Waals surface area contributed by atoms with Crippen molar-refractivity contribution in [2.45, 2.75) is 6.54 Å². The Kier molecular flexibility index (Phi) is 4.78. The van der Waals surface area contributed by atoms with Gasteiger partial charge in [0.15, 0.2) is 0 Å². The zero-order valence-electron chi connectivity index (χ0n) is 16.3. The van der Waals surface area contributed by atoms with E-state index in [1.807, 2.05) is 65.4 Å². The summed E-state index contributed by atoms with van der Waals surface area (Å²) in [6, 6.07) is 22.3. The van der Waals surface area contributed by atoms with E-state index >= 15 is 0 Å². The fraction of sp³-hybridized carbons (Fsp3) is 0.0400. The molecule has 0 aliphatic rings. The van der Waals surface area contributed by atoms with Gasteiger partial charge in [0.25, 0.3) is 0 Å². The molecule has 6 heteroatoms. The number of hydrogen-bond acceptors (Lipinski definition) is 2. The van der Waals surface area contributed by atoms with Gasteiger partial charge in [-0.05, 0) is 42.0 Å². The van der Waals surface area contributed by atoms with E-state index < -0.39 is 0 Å². The SMILES string of the molecule is N#CC(=Cc1cn(Cc2ccc(F)cc2Cl)c2ccccc12)c1nc2ccccc2[nH]1. The molecule has 0 radical (unpaired) electrons. The van der Waals surface area contributed by atoms with Gasteiger partial charge in [-0.15, -0.1) is 0 Å². The lowest BCUT2D eigenvalue weighted by Gasteiger charge is -2.07. The van der Waals surface area contributed by atoms with Gasteiger partial charge < -0.3 is 9.55 Å². The monoisotopic (exact) mass is 426 g/mol. The number of imidazole rings is 1. The number of halogens is 2. The zero-order chi connectivity index (χ0) is 21.4. The highest BCUT2D eigenvalue weighted by molar-refractivity contribution is 6.31. The first-order chi connectivity index (χ1) is 15.1. The molecule has 5 aromatic rings. The van der Waals surface area contributed by atoms with Crippen molar-refractivity contribution >= 4 is 45.2 Å². The molecule has 0 bridgehead atoms. The Morgan fingerprint density at radius 1 is 1.13 bits per heavy atom. The van der Waals surface area contributed by atoms with Gasteiger partial charge in [0.05, 0.1) is 16.6 Å². The molecule has 0 amide bonds. The van der Waals surface area contributed by atoms with Crippen molar-refractivity contribution in [3.05, 3.63) is 101 Å². The molecule has 0 spiro atoms. The van der Waals surface area contributed by atoms with Crippen LogP contribution in [0.4, 0.5) is 4.39 Å². The van der Waals surface area contributed by atoms with Gasteiger partial charge in [0.1, 0.15) is 17.7 Å². The molecule has 5 rings (SSSR count). The van der Waals surface area contributed by atoms with Crippen molar-refractivity contribution in [2.75, 3.05) is 0 Å². The summed E-state index contributed by atoms with van der Waals surface area (Å²) in [6.45, 7) is 0.486. The highest BCUT2D eigenvalue weighted by Crippen LogP contribution is 2.28. The third-order valence-corrected chi connectivity index (χ3v) is 5.59. The molecule has 2 heterocycles. The van der Waals surface area contributed by atoms with Crippen molar-refractivity contribution in [1.82, 2.24) is 14.5 Å². The first-order valence-electron chi connectivity index (χ1n) is 9.71. The number of H-pyrrole nitrogens is 1. The Morgan fingerprint density at radius 3 is 2.74 bits per heavy atom. The largest absolute Gasteiger partial charge is 0.342 e. The number of nitrogens with zero attached hydrogens (tertiary/aromatic N) is 3. The second-order valence-corrected chi connectivity index (χ2v) is 7.64. The van der Waals surface area contributed by atoms with Crippen LogP contribution < -0.4 is 0 Å². The second-order valence-electron chi connectivity index (χ2n) is 7.24. The van der Waals surface area contributed by atoms with Crippen LogP contribution in [0.1, 0.15) is 17.0 Å². The average molecular weight is 427 g/mol. The van der Waals surface area contributed by atoms with Crippen LogP contribution in [0.5, 0.6) is 0 Å². The van der Waals surface area contributed by atoms with E-state index in [4.69, 9.17) is 11.6 Å². The van der Waals surface area contributed by atoms with Crippen LogP contribution in [0.2, 0.25) is 5.02 Å². The summed E-state index contributed by atoms with van der Waals surface area (Å²) in [5.74, 6) is 0.168. The van der Waals surface area contributed by atoms with E-state index in [0.29, 0.717) is 23.0 Å². The standard InChI is InChI=1S/C25H16ClFN4/c26-21-12-19(27)10-9-16(21)14-31-15-18(20-5-1-4-8-24(20)31)11-17(13-28)25-29-22-6-2-3-7-23(22)30-25/h1-12,15H,14H2,(H,29,30). The first-order valence-corrected chi connectivity index (χ1v) is 10.1. The Labute approximate surface area is 182 Å². The molecule has 2 aromatic heterocycles. The Hall–Kier alpha value is -3.88. The molecule has 1 N–H and O–H groups in total. The first kappa shape index (κ1) is 19.1. The summed E-state index contributed by atoms with van der Waals surface area (Å²) < 4.78 is 15.5. The van der Waals surface area contributed by atoms with Crippen LogP contribution in [0.25, 0.3) is 33.6 Å². The summed E-state index contributed by atoms with van der Waals surface area (Å²) in [7, 11) is 0. The smallest absolute Gasteiger partial charge is 0.149 e. The minimum atomic E-state index is -0.362. The Morgan fingerprint density at radius 2 is 1.94 bits per heavy atom.